The highest BCUT2D eigenvalue weighted by atomic mass is 16.4. The van der Waals surface area contributed by atoms with Gasteiger partial charge in [-0.3, -0.25) is 4.79 Å². The van der Waals surface area contributed by atoms with Crippen molar-refractivity contribution in [1.29, 1.82) is 0 Å². The molecule has 3 N–H and O–H groups in total. The number of hydrogen-bond acceptors (Lipinski definition) is 3. The van der Waals surface area contributed by atoms with Crippen molar-refractivity contribution in [2.75, 3.05) is 13.2 Å². The second kappa shape index (κ2) is 6.98. The van der Waals surface area contributed by atoms with Gasteiger partial charge in [0, 0.05) is 0 Å². The average Bonchev–Trinajstić information content (AvgIpc) is 2.30. The lowest BCUT2D eigenvalue weighted by atomic mass is 10.1. The van der Waals surface area contributed by atoms with Crippen LogP contribution >= 0.6 is 0 Å². The summed E-state index contributed by atoms with van der Waals surface area (Å²) >= 11 is 0. The Bertz CT molecular complexity index is 313. The van der Waals surface area contributed by atoms with Gasteiger partial charge in [0.2, 0.25) is 0 Å². The van der Waals surface area contributed by atoms with Crippen LogP contribution in [-0.2, 0) is 11.2 Å². The van der Waals surface area contributed by atoms with E-state index in [1.165, 1.54) is 5.56 Å². The Labute approximate surface area is 94.9 Å². The van der Waals surface area contributed by atoms with E-state index >= 15 is 0 Å². The van der Waals surface area contributed by atoms with E-state index in [2.05, 4.69) is 5.32 Å². The van der Waals surface area contributed by atoms with E-state index in [0.717, 1.165) is 12.8 Å². The number of aliphatic hydroxyl groups is 1. The van der Waals surface area contributed by atoms with Crippen LogP contribution in [0.1, 0.15) is 12.0 Å². The molecule has 0 bridgehead atoms. The Balaban J connectivity index is 2.19. The molecule has 0 heterocycles. The Kier molecular flexibility index (Phi) is 5.53. The molecule has 88 valence electrons. The minimum Gasteiger partial charge on any atom is -0.480 e. The average molecular weight is 223 g/mol. The lowest BCUT2D eigenvalue weighted by molar-refractivity contribution is -0.140. The van der Waals surface area contributed by atoms with Gasteiger partial charge in [0.05, 0.1) is 6.61 Å². The van der Waals surface area contributed by atoms with Crippen molar-refractivity contribution in [3.8, 4) is 0 Å². The molecule has 0 aliphatic rings. The summed E-state index contributed by atoms with van der Waals surface area (Å²) in [6.45, 7) is 0.215. The fourth-order valence-electron chi connectivity index (χ4n) is 1.44. The zero-order chi connectivity index (χ0) is 11.8. The third kappa shape index (κ3) is 4.42. The van der Waals surface area contributed by atoms with Crippen LogP contribution in [0.5, 0.6) is 0 Å². The number of carboxylic acid groups (broad SMARTS) is 1. The molecule has 0 radical (unpaired) electrons. The first-order chi connectivity index (χ1) is 7.74. The molecule has 1 aromatic rings. The van der Waals surface area contributed by atoms with E-state index in [0.29, 0.717) is 6.54 Å². The molecule has 16 heavy (non-hydrogen) atoms. The van der Waals surface area contributed by atoms with E-state index in [4.69, 9.17) is 10.2 Å². The standard InChI is InChI=1S/C12H17NO3/c14-9-11(12(15)16)13-8-4-7-10-5-2-1-3-6-10/h1-3,5-6,11,13-14H,4,7-9H2,(H,15,16)/t11-/m1/s1. The van der Waals surface area contributed by atoms with Crippen molar-refractivity contribution in [3.63, 3.8) is 0 Å². The van der Waals surface area contributed by atoms with Gasteiger partial charge in [-0.25, -0.2) is 0 Å². The van der Waals surface area contributed by atoms with Crippen LogP contribution in [0.4, 0.5) is 0 Å². The molecule has 4 nitrogen and oxygen atoms in total. The summed E-state index contributed by atoms with van der Waals surface area (Å²) in [7, 11) is 0. The van der Waals surface area contributed by atoms with Crippen molar-refractivity contribution in [3.05, 3.63) is 35.9 Å². The molecule has 0 fully saturated rings. The molecule has 0 aromatic heterocycles. The Morgan fingerprint density at radius 1 is 1.31 bits per heavy atom. The van der Waals surface area contributed by atoms with Crippen molar-refractivity contribution >= 4 is 5.97 Å². The first-order valence-electron chi connectivity index (χ1n) is 5.35. The second-order valence-electron chi connectivity index (χ2n) is 3.62. The van der Waals surface area contributed by atoms with Crippen LogP contribution in [0.3, 0.4) is 0 Å². The highest BCUT2D eigenvalue weighted by Gasteiger charge is 2.13. The number of hydrogen-bond donors (Lipinski definition) is 3. The van der Waals surface area contributed by atoms with E-state index in [1.54, 1.807) is 0 Å². The molecule has 0 amide bonds. The van der Waals surface area contributed by atoms with Crippen LogP contribution in [0.2, 0.25) is 0 Å². The molecule has 1 aromatic carbocycles. The first kappa shape index (κ1) is 12.7. The van der Waals surface area contributed by atoms with Crippen molar-refractivity contribution in [2.24, 2.45) is 0 Å². The third-order valence-corrected chi connectivity index (χ3v) is 2.36. The summed E-state index contributed by atoms with van der Waals surface area (Å²) in [5.41, 5.74) is 1.24. The van der Waals surface area contributed by atoms with Gasteiger partial charge in [-0.2, -0.15) is 0 Å². The number of carboxylic acids is 1. The number of aryl methyl sites for hydroxylation is 1. The monoisotopic (exact) mass is 223 g/mol. The third-order valence-electron chi connectivity index (χ3n) is 2.36. The smallest absolute Gasteiger partial charge is 0.323 e. The van der Waals surface area contributed by atoms with Crippen LogP contribution in [0.15, 0.2) is 30.3 Å². The number of aliphatic hydroxyl groups excluding tert-OH is 1. The molecule has 0 saturated carbocycles. The van der Waals surface area contributed by atoms with Crippen LogP contribution in [0.25, 0.3) is 0 Å². The van der Waals surface area contributed by atoms with Gasteiger partial charge in [0.15, 0.2) is 0 Å². The normalized spacial score (nSPS) is 12.3. The van der Waals surface area contributed by atoms with Gasteiger partial charge in [-0.15, -0.1) is 0 Å². The molecule has 0 spiro atoms. The summed E-state index contributed by atoms with van der Waals surface area (Å²) in [6, 6.07) is 9.17. The van der Waals surface area contributed by atoms with Gasteiger partial charge in [0.25, 0.3) is 0 Å². The predicted molar refractivity (Wildman–Crippen MR) is 61.3 cm³/mol. The van der Waals surface area contributed by atoms with Crippen molar-refractivity contribution in [1.82, 2.24) is 5.32 Å². The maximum Gasteiger partial charge on any atom is 0.323 e. The molecule has 0 unspecified atom stereocenters. The summed E-state index contributed by atoms with van der Waals surface area (Å²) in [6.07, 6.45) is 1.76. The van der Waals surface area contributed by atoms with E-state index in [1.807, 2.05) is 30.3 Å². The van der Waals surface area contributed by atoms with E-state index in [-0.39, 0.29) is 6.61 Å². The summed E-state index contributed by atoms with van der Waals surface area (Å²) in [5.74, 6) is -1.01. The van der Waals surface area contributed by atoms with E-state index in [9.17, 15) is 4.79 Å². The zero-order valence-corrected chi connectivity index (χ0v) is 9.10. The number of nitrogens with one attached hydrogen (secondary N) is 1. The number of carbonyl (C=O) groups is 1. The minimum atomic E-state index is -1.01. The fraction of sp³-hybridized carbons (Fsp3) is 0.417. The molecule has 1 rings (SSSR count). The highest BCUT2D eigenvalue weighted by molar-refractivity contribution is 5.73. The molecule has 4 heteroatoms. The van der Waals surface area contributed by atoms with Crippen molar-refractivity contribution in [2.45, 2.75) is 18.9 Å². The zero-order valence-electron chi connectivity index (χ0n) is 9.10. The van der Waals surface area contributed by atoms with E-state index < -0.39 is 12.0 Å². The summed E-state index contributed by atoms with van der Waals surface area (Å²) in [4.78, 5) is 10.6. The lowest BCUT2D eigenvalue weighted by Crippen LogP contribution is -2.40. The van der Waals surface area contributed by atoms with Gasteiger partial charge < -0.3 is 15.5 Å². The first-order valence-corrected chi connectivity index (χ1v) is 5.35. The SMILES string of the molecule is O=C(O)[C@@H](CO)NCCCc1ccccc1. The Hall–Kier alpha value is -1.39. The topological polar surface area (TPSA) is 69.6 Å². The molecule has 0 saturated heterocycles. The predicted octanol–water partition coefficient (Wildman–Crippen LogP) is 0.654. The molecular weight excluding hydrogens is 206 g/mol. The maximum atomic E-state index is 10.6. The summed E-state index contributed by atoms with van der Waals surface area (Å²) < 4.78 is 0. The Morgan fingerprint density at radius 3 is 2.56 bits per heavy atom. The number of aliphatic carboxylic acids is 1. The van der Waals surface area contributed by atoms with Crippen LogP contribution in [0, 0.1) is 0 Å². The van der Waals surface area contributed by atoms with Crippen LogP contribution in [-0.4, -0.2) is 35.4 Å². The molecule has 0 aliphatic carbocycles. The fourth-order valence-corrected chi connectivity index (χ4v) is 1.44. The van der Waals surface area contributed by atoms with Gasteiger partial charge in [-0.1, -0.05) is 30.3 Å². The van der Waals surface area contributed by atoms with Gasteiger partial charge >= 0.3 is 5.97 Å². The van der Waals surface area contributed by atoms with Gasteiger partial charge in [-0.05, 0) is 24.9 Å². The number of rotatable bonds is 7. The largest absolute Gasteiger partial charge is 0.480 e. The van der Waals surface area contributed by atoms with Crippen LogP contribution < -0.4 is 5.32 Å². The molecular formula is C12H17NO3. The maximum absolute atomic E-state index is 10.6. The molecule has 0 aliphatic heterocycles. The van der Waals surface area contributed by atoms with Gasteiger partial charge in [0.1, 0.15) is 6.04 Å². The highest BCUT2D eigenvalue weighted by Crippen LogP contribution is 2.01. The molecule has 1 atom stereocenters. The summed E-state index contributed by atoms with van der Waals surface area (Å²) in [5, 5.41) is 20.2. The quantitative estimate of drug-likeness (QED) is 0.594. The second-order valence-corrected chi connectivity index (χ2v) is 3.62. The minimum absolute atomic E-state index is 0.374. The lowest BCUT2D eigenvalue weighted by Gasteiger charge is -2.10. The Morgan fingerprint density at radius 2 is 2.00 bits per heavy atom. The van der Waals surface area contributed by atoms with Crippen molar-refractivity contribution < 1.29 is 15.0 Å². The number of benzene rings is 1.